The van der Waals surface area contributed by atoms with Crippen LogP contribution >= 0.6 is 0 Å². The van der Waals surface area contributed by atoms with Crippen LogP contribution in [0.4, 0.5) is 0 Å². The van der Waals surface area contributed by atoms with Crippen LogP contribution in [-0.4, -0.2) is 68.9 Å². The van der Waals surface area contributed by atoms with E-state index < -0.39 is 66.1 Å². The van der Waals surface area contributed by atoms with Crippen molar-refractivity contribution in [2.75, 3.05) is 6.61 Å². The van der Waals surface area contributed by atoms with E-state index in [0.29, 0.717) is 24.3 Å². The van der Waals surface area contributed by atoms with Crippen LogP contribution in [0.1, 0.15) is 84.5 Å². The molecule has 0 aromatic carbocycles. The predicted molar refractivity (Wildman–Crippen MR) is 135 cm³/mol. The lowest BCUT2D eigenvalue weighted by Gasteiger charge is -2.60. The average Bonchev–Trinajstić information content (AvgIpc) is 3.36. The van der Waals surface area contributed by atoms with Crippen molar-refractivity contribution in [3.05, 3.63) is 11.6 Å². The summed E-state index contributed by atoms with van der Waals surface area (Å²) in [5.41, 5.74) is -1.86. The van der Waals surface area contributed by atoms with Gasteiger partial charge in [0.2, 0.25) is 5.78 Å². The van der Waals surface area contributed by atoms with E-state index in [2.05, 4.69) is 6.92 Å². The summed E-state index contributed by atoms with van der Waals surface area (Å²) in [6.07, 6.45) is 3.74. The Labute approximate surface area is 232 Å². The molecule has 2 amide bonds. The molecule has 0 spiro atoms. The zero-order chi connectivity index (χ0) is 29.0. The standard InChI is InChI=1S/C29H37NO10/c1-27-11-9-17(31)13-16(27)3-4-18-19-10-12-29(38,28(19,2)14-20(32)26(18)27)21(33)15-39-24(36)7-8-25(37)40-30-22(34)5-6-23(30)35/h13,18-20,26,32,38H,3-12,14-15H2,1-2H3/t18?,19?,20?,26?,27-,28-,29-/m0/s1. The number of hydroxylamine groups is 2. The van der Waals surface area contributed by atoms with Gasteiger partial charge in [-0.25, -0.2) is 4.79 Å². The third kappa shape index (κ3) is 4.51. The summed E-state index contributed by atoms with van der Waals surface area (Å²) in [4.78, 5) is 77.4. The molecule has 0 radical (unpaired) electrons. The van der Waals surface area contributed by atoms with Crippen molar-refractivity contribution in [1.29, 1.82) is 0 Å². The highest BCUT2D eigenvalue weighted by Crippen LogP contribution is 2.67. The molecule has 11 heteroatoms. The third-order valence-electron chi connectivity index (χ3n) is 10.6. The average molecular weight is 560 g/mol. The number of fused-ring (bicyclic) bond motifs is 5. The highest BCUT2D eigenvalue weighted by atomic mass is 16.7. The fourth-order valence-corrected chi connectivity index (χ4v) is 8.50. The van der Waals surface area contributed by atoms with Gasteiger partial charge in [0.15, 0.2) is 12.4 Å². The van der Waals surface area contributed by atoms with E-state index in [0.717, 1.165) is 18.4 Å². The molecular weight excluding hydrogens is 522 g/mol. The molecule has 0 aromatic heterocycles. The highest BCUT2D eigenvalue weighted by molar-refractivity contribution is 6.01. The number of nitrogens with zero attached hydrogens (tertiary/aromatic N) is 1. The number of ketones is 2. The number of carbonyl (C=O) groups is 6. The maximum atomic E-state index is 13.3. The van der Waals surface area contributed by atoms with Crippen molar-refractivity contribution in [2.45, 2.75) is 96.2 Å². The molecule has 218 valence electrons. The Kier molecular flexibility index (Phi) is 7.27. The Hall–Kier alpha value is -2.92. The fraction of sp³-hybridized carbons (Fsp3) is 0.724. The van der Waals surface area contributed by atoms with Gasteiger partial charge in [0, 0.05) is 24.7 Å². The van der Waals surface area contributed by atoms with E-state index in [1.54, 1.807) is 6.08 Å². The summed E-state index contributed by atoms with van der Waals surface area (Å²) in [5.74, 6) is -3.55. The van der Waals surface area contributed by atoms with Gasteiger partial charge in [-0.1, -0.05) is 19.4 Å². The number of rotatable bonds is 7. The molecule has 40 heavy (non-hydrogen) atoms. The molecular formula is C29H37NO10. The molecule has 3 saturated carbocycles. The maximum Gasteiger partial charge on any atom is 0.333 e. The number of amides is 2. The number of hydrogen-bond acceptors (Lipinski definition) is 10. The highest BCUT2D eigenvalue weighted by Gasteiger charge is 2.68. The molecule has 1 heterocycles. The number of ether oxygens (including phenoxy) is 1. The summed E-state index contributed by atoms with van der Waals surface area (Å²) in [7, 11) is 0. The molecule has 7 atom stereocenters. The number of esters is 1. The second-order valence-electron chi connectivity index (χ2n) is 12.6. The van der Waals surface area contributed by atoms with E-state index in [1.165, 1.54) is 0 Å². The molecule has 2 N–H and O–H groups in total. The van der Waals surface area contributed by atoms with Gasteiger partial charge in [-0.15, -0.1) is 5.06 Å². The van der Waals surface area contributed by atoms with Crippen LogP contribution in [-0.2, 0) is 38.3 Å². The van der Waals surface area contributed by atoms with Crippen LogP contribution in [0.15, 0.2) is 11.6 Å². The summed E-state index contributed by atoms with van der Waals surface area (Å²) >= 11 is 0. The molecule has 11 nitrogen and oxygen atoms in total. The normalized spacial score (nSPS) is 38.8. The maximum absolute atomic E-state index is 13.3. The molecule has 4 fully saturated rings. The third-order valence-corrected chi connectivity index (χ3v) is 10.6. The number of aliphatic hydroxyl groups excluding tert-OH is 1. The molecule has 0 aromatic rings. The Balaban J connectivity index is 1.20. The lowest BCUT2D eigenvalue weighted by atomic mass is 9.45. The molecule has 5 aliphatic rings. The largest absolute Gasteiger partial charge is 0.458 e. The van der Waals surface area contributed by atoms with Crippen molar-refractivity contribution in [3.63, 3.8) is 0 Å². The molecule has 1 aliphatic heterocycles. The SMILES string of the molecule is C[C@]12CCC(=O)C=C1CCC1C2C(O)C[C@@]2(C)C1CC[C@]2(O)C(=O)COC(=O)CCC(=O)ON1C(=O)CCC1=O. The molecule has 5 rings (SSSR count). The first-order valence-corrected chi connectivity index (χ1v) is 14.2. The number of allylic oxidation sites excluding steroid dienone is 1. The van der Waals surface area contributed by atoms with Crippen molar-refractivity contribution >= 4 is 35.3 Å². The van der Waals surface area contributed by atoms with Crippen LogP contribution in [0.5, 0.6) is 0 Å². The minimum absolute atomic E-state index is 0.00710. The van der Waals surface area contributed by atoms with E-state index >= 15 is 0 Å². The molecule has 4 aliphatic carbocycles. The Bertz CT molecular complexity index is 1180. The van der Waals surface area contributed by atoms with Gasteiger partial charge >= 0.3 is 11.9 Å². The van der Waals surface area contributed by atoms with Gasteiger partial charge in [0.1, 0.15) is 5.60 Å². The molecule has 4 unspecified atom stereocenters. The second-order valence-corrected chi connectivity index (χ2v) is 12.6. The number of carbonyl (C=O) groups excluding carboxylic acids is 6. The second kappa shape index (κ2) is 10.2. The van der Waals surface area contributed by atoms with E-state index in [-0.39, 0.29) is 54.6 Å². The van der Waals surface area contributed by atoms with Gasteiger partial charge in [-0.3, -0.25) is 24.0 Å². The monoisotopic (exact) mass is 559 g/mol. The number of Topliss-reactive ketones (excluding diaryl/α,β-unsaturated/α-hetero) is 1. The smallest absolute Gasteiger partial charge is 0.333 e. The van der Waals surface area contributed by atoms with Gasteiger partial charge in [0.25, 0.3) is 11.8 Å². The Morgan fingerprint density at radius 3 is 2.35 bits per heavy atom. The lowest BCUT2D eigenvalue weighted by molar-refractivity contribution is -0.197. The van der Waals surface area contributed by atoms with Crippen molar-refractivity contribution < 1.29 is 48.6 Å². The fourth-order valence-electron chi connectivity index (χ4n) is 8.50. The van der Waals surface area contributed by atoms with E-state index in [9.17, 15) is 39.0 Å². The number of aliphatic hydroxyl groups is 2. The van der Waals surface area contributed by atoms with Crippen LogP contribution in [0.25, 0.3) is 0 Å². The zero-order valence-corrected chi connectivity index (χ0v) is 23.0. The van der Waals surface area contributed by atoms with Crippen LogP contribution < -0.4 is 0 Å². The number of hydrogen-bond donors (Lipinski definition) is 2. The zero-order valence-electron chi connectivity index (χ0n) is 23.0. The van der Waals surface area contributed by atoms with Crippen molar-refractivity contribution in [1.82, 2.24) is 5.06 Å². The summed E-state index contributed by atoms with van der Waals surface area (Å²) < 4.78 is 5.09. The minimum Gasteiger partial charge on any atom is -0.458 e. The quantitative estimate of drug-likeness (QED) is 0.347. The Morgan fingerprint density at radius 2 is 1.65 bits per heavy atom. The van der Waals surface area contributed by atoms with Crippen LogP contribution in [0, 0.1) is 28.6 Å². The summed E-state index contributed by atoms with van der Waals surface area (Å²) in [5, 5.41) is 23.6. The van der Waals surface area contributed by atoms with E-state index in [1.807, 2.05) is 6.92 Å². The van der Waals surface area contributed by atoms with Crippen LogP contribution in [0.2, 0.25) is 0 Å². The predicted octanol–water partition coefficient (Wildman–Crippen LogP) is 1.72. The van der Waals surface area contributed by atoms with Crippen molar-refractivity contribution in [3.8, 4) is 0 Å². The van der Waals surface area contributed by atoms with Gasteiger partial charge in [0.05, 0.1) is 18.9 Å². The number of imide groups is 1. The first-order valence-electron chi connectivity index (χ1n) is 14.2. The summed E-state index contributed by atoms with van der Waals surface area (Å²) in [6.45, 7) is 3.31. The van der Waals surface area contributed by atoms with Crippen LogP contribution in [0.3, 0.4) is 0 Å². The molecule has 1 saturated heterocycles. The van der Waals surface area contributed by atoms with Gasteiger partial charge in [-0.2, -0.15) is 0 Å². The first-order chi connectivity index (χ1) is 18.8. The lowest BCUT2D eigenvalue weighted by Crippen LogP contribution is -2.62. The topological polar surface area (TPSA) is 165 Å². The van der Waals surface area contributed by atoms with Gasteiger partial charge < -0.3 is 19.8 Å². The minimum atomic E-state index is -1.78. The summed E-state index contributed by atoms with van der Waals surface area (Å²) in [6, 6.07) is 0. The van der Waals surface area contributed by atoms with Crippen molar-refractivity contribution in [2.24, 2.45) is 28.6 Å². The first kappa shape index (κ1) is 28.6. The van der Waals surface area contributed by atoms with Gasteiger partial charge in [-0.05, 0) is 67.8 Å². The molecule has 0 bridgehead atoms. The van der Waals surface area contributed by atoms with E-state index in [4.69, 9.17) is 9.57 Å². The Morgan fingerprint density at radius 1 is 0.975 bits per heavy atom.